The van der Waals surface area contributed by atoms with Crippen LogP contribution >= 0.6 is 12.2 Å². The maximum atomic E-state index is 10.2. The Morgan fingerprint density at radius 2 is 1.67 bits per heavy atom. The van der Waals surface area contributed by atoms with Crippen LogP contribution in [0.4, 0.5) is 5.69 Å². The zero-order valence-electron chi connectivity index (χ0n) is 13.3. The summed E-state index contributed by atoms with van der Waals surface area (Å²) in [5, 5.41) is 18.1. The first-order valence-corrected chi connectivity index (χ1v) is 8.38. The van der Waals surface area contributed by atoms with E-state index in [0.717, 1.165) is 31.6 Å². The van der Waals surface area contributed by atoms with Gasteiger partial charge in [0.1, 0.15) is 5.75 Å². The van der Waals surface area contributed by atoms with Gasteiger partial charge in [-0.25, -0.2) is 0 Å². The molecule has 2 aromatic rings. The number of hydrazone groups is 1. The average molecular weight is 340 g/mol. The molecule has 0 saturated carbocycles. The van der Waals surface area contributed by atoms with Crippen molar-refractivity contribution in [2.45, 2.75) is 12.8 Å². The zero-order chi connectivity index (χ0) is 16.8. The molecule has 3 rings (SSSR count). The van der Waals surface area contributed by atoms with Crippen LogP contribution in [0.25, 0.3) is 0 Å². The summed E-state index contributed by atoms with van der Waals surface area (Å²) >= 11 is 5.30. The molecule has 6 heteroatoms. The quantitative estimate of drug-likeness (QED) is 0.347. The minimum atomic E-state index is 0.215. The van der Waals surface area contributed by atoms with Crippen LogP contribution in [-0.4, -0.2) is 34.0 Å². The number of hydrogen-bond donors (Lipinski definition) is 3. The van der Waals surface area contributed by atoms with Crippen molar-refractivity contribution < 1.29 is 5.11 Å². The summed E-state index contributed by atoms with van der Waals surface area (Å²) in [6.45, 7) is 1.85. The standard InChI is InChI=1S/C18H20N4OS/c23-16-11-5-4-10-15(16)17(22-12-6-7-13-22)20-21-18(24)19-14-8-2-1-3-9-14/h1-5,8-11,23H,6-7,12-13H2,(H2,19,21,24)/b20-17-. The van der Waals surface area contributed by atoms with E-state index >= 15 is 0 Å². The molecule has 0 radical (unpaired) electrons. The maximum absolute atomic E-state index is 10.2. The van der Waals surface area contributed by atoms with E-state index in [1.165, 1.54) is 0 Å². The third kappa shape index (κ3) is 4.02. The molecule has 3 N–H and O–H groups in total. The number of nitrogens with one attached hydrogen (secondary N) is 2. The van der Waals surface area contributed by atoms with Crippen LogP contribution in [0.15, 0.2) is 59.7 Å². The number of rotatable bonds is 3. The molecule has 0 unspecified atom stereocenters. The molecule has 0 aliphatic carbocycles. The Morgan fingerprint density at radius 3 is 2.38 bits per heavy atom. The van der Waals surface area contributed by atoms with Crippen molar-refractivity contribution in [3.05, 3.63) is 60.2 Å². The molecule has 0 bridgehead atoms. The number of thiocarbonyl (C=S) groups is 1. The average Bonchev–Trinajstić information content (AvgIpc) is 3.12. The zero-order valence-corrected chi connectivity index (χ0v) is 14.1. The Kier molecular flexibility index (Phi) is 5.28. The van der Waals surface area contributed by atoms with Gasteiger partial charge in [-0.3, -0.25) is 5.43 Å². The minimum absolute atomic E-state index is 0.215. The summed E-state index contributed by atoms with van der Waals surface area (Å²) in [5.74, 6) is 0.926. The number of amidine groups is 1. The van der Waals surface area contributed by atoms with Crippen molar-refractivity contribution in [1.82, 2.24) is 10.3 Å². The molecule has 5 nitrogen and oxygen atoms in total. The van der Waals surface area contributed by atoms with Crippen molar-refractivity contribution in [3.63, 3.8) is 0 Å². The van der Waals surface area contributed by atoms with Crippen LogP contribution in [-0.2, 0) is 0 Å². The highest BCUT2D eigenvalue weighted by Gasteiger charge is 2.20. The Morgan fingerprint density at radius 1 is 1.00 bits per heavy atom. The first kappa shape index (κ1) is 16.3. The summed E-state index contributed by atoms with van der Waals surface area (Å²) in [6, 6.07) is 16.9. The highest BCUT2D eigenvalue weighted by molar-refractivity contribution is 7.80. The van der Waals surface area contributed by atoms with Gasteiger partial charge in [0, 0.05) is 18.8 Å². The van der Waals surface area contributed by atoms with Crippen LogP contribution in [0.1, 0.15) is 18.4 Å². The molecule has 0 amide bonds. The number of benzene rings is 2. The Balaban J connectivity index is 1.76. The summed E-state index contributed by atoms with van der Waals surface area (Å²) in [4.78, 5) is 2.16. The van der Waals surface area contributed by atoms with Gasteiger partial charge in [0.05, 0.1) is 5.56 Å². The lowest BCUT2D eigenvalue weighted by atomic mass is 10.1. The molecule has 2 aromatic carbocycles. The van der Waals surface area contributed by atoms with E-state index in [-0.39, 0.29) is 5.75 Å². The molecule has 0 atom stereocenters. The lowest BCUT2D eigenvalue weighted by Gasteiger charge is -2.21. The third-order valence-corrected chi connectivity index (χ3v) is 4.04. The SMILES string of the molecule is Oc1ccccc1/C(=N/NC(=S)Nc1ccccc1)N1CCCC1. The van der Waals surface area contributed by atoms with E-state index in [2.05, 4.69) is 20.7 Å². The second-order valence-corrected chi connectivity index (χ2v) is 5.99. The van der Waals surface area contributed by atoms with Crippen molar-refractivity contribution in [3.8, 4) is 5.75 Å². The summed E-state index contributed by atoms with van der Waals surface area (Å²) in [5.41, 5.74) is 4.49. The van der Waals surface area contributed by atoms with Gasteiger partial charge in [0.2, 0.25) is 0 Å². The van der Waals surface area contributed by atoms with Crippen LogP contribution in [0.3, 0.4) is 0 Å². The van der Waals surface area contributed by atoms with Gasteiger partial charge in [0.15, 0.2) is 10.9 Å². The fourth-order valence-corrected chi connectivity index (χ4v) is 2.84. The fraction of sp³-hybridized carbons (Fsp3) is 0.222. The van der Waals surface area contributed by atoms with Crippen LogP contribution < -0.4 is 10.7 Å². The molecular weight excluding hydrogens is 320 g/mol. The second kappa shape index (κ2) is 7.79. The molecule has 1 aliphatic rings. The van der Waals surface area contributed by atoms with Crippen molar-refractivity contribution >= 4 is 28.9 Å². The Labute approximate surface area is 147 Å². The summed E-state index contributed by atoms with van der Waals surface area (Å²) in [6.07, 6.45) is 2.25. The number of phenols is 1. The lowest BCUT2D eigenvalue weighted by molar-refractivity contribution is 0.467. The number of hydrogen-bond acceptors (Lipinski definition) is 3. The lowest BCUT2D eigenvalue weighted by Crippen LogP contribution is -2.33. The molecule has 24 heavy (non-hydrogen) atoms. The predicted molar refractivity (Wildman–Crippen MR) is 101 cm³/mol. The monoisotopic (exact) mass is 340 g/mol. The molecule has 0 aromatic heterocycles. The van der Waals surface area contributed by atoms with Crippen molar-refractivity contribution in [2.24, 2.45) is 5.10 Å². The number of nitrogens with zero attached hydrogens (tertiary/aromatic N) is 2. The smallest absolute Gasteiger partial charge is 0.191 e. The predicted octanol–water partition coefficient (Wildman–Crippen LogP) is 3.14. The van der Waals surface area contributed by atoms with Crippen molar-refractivity contribution in [1.29, 1.82) is 0 Å². The van der Waals surface area contributed by atoms with Gasteiger partial charge in [0.25, 0.3) is 0 Å². The second-order valence-electron chi connectivity index (χ2n) is 5.58. The first-order valence-electron chi connectivity index (χ1n) is 7.97. The summed E-state index contributed by atoms with van der Waals surface area (Å²) < 4.78 is 0. The molecule has 1 aliphatic heterocycles. The molecule has 1 fully saturated rings. The number of likely N-dealkylation sites (tertiary alicyclic amines) is 1. The van der Waals surface area contributed by atoms with E-state index in [4.69, 9.17) is 12.2 Å². The third-order valence-electron chi connectivity index (χ3n) is 3.85. The Bertz CT molecular complexity index is 727. The van der Waals surface area contributed by atoms with E-state index in [1.807, 2.05) is 42.5 Å². The van der Waals surface area contributed by atoms with Crippen LogP contribution in [0.2, 0.25) is 0 Å². The highest BCUT2D eigenvalue weighted by Crippen LogP contribution is 2.21. The number of para-hydroxylation sites is 2. The van der Waals surface area contributed by atoms with Crippen molar-refractivity contribution in [2.75, 3.05) is 18.4 Å². The van der Waals surface area contributed by atoms with Gasteiger partial charge >= 0.3 is 0 Å². The van der Waals surface area contributed by atoms with Gasteiger partial charge in [-0.05, 0) is 49.3 Å². The fourth-order valence-electron chi connectivity index (χ4n) is 2.68. The molecular formula is C18H20N4OS. The molecule has 124 valence electrons. The van der Waals surface area contributed by atoms with Gasteiger partial charge in [-0.1, -0.05) is 30.3 Å². The minimum Gasteiger partial charge on any atom is -0.507 e. The van der Waals surface area contributed by atoms with Gasteiger partial charge in [-0.15, -0.1) is 0 Å². The summed E-state index contributed by atoms with van der Waals surface area (Å²) in [7, 11) is 0. The first-order chi connectivity index (χ1) is 11.7. The van der Waals surface area contributed by atoms with Crippen LogP contribution in [0, 0.1) is 0 Å². The number of aromatic hydroxyl groups is 1. The van der Waals surface area contributed by atoms with Crippen LogP contribution in [0.5, 0.6) is 5.75 Å². The molecule has 0 spiro atoms. The van der Waals surface area contributed by atoms with Gasteiger partial charge in [-0.2, -0.15) is 5.10 Å². The maximum Gasteiger partial charge on any atom is 0.191 e. The molecule has 1 heterocycles. The highest BCUT2D eigenvalue weighted by atomic mass is 32.1. The van der Waals surface area contributed by atoms with E-state index in [1.54, 1.807) is 12.1 Å². The van der Waals surface area contributed by atoms with Gasteiger partial charge < -0.3 is 15.3 Å². The van der Waals surface area contributed by atoms with E-state index in [9.17, 15) is 5.11 Å². The normalized spacial score (nSPS) is 14.5. The number of phenolic OH excluding ortho intramolecular Hbond substituents is 1. The topological polar surface area (TPSA) is 59.9 Å². The van der Waals surface area contributed by atoms with E-state index in [0.29, 0.717) is 16.5 Å². The van der Waals surface area contributed by atoms with E-state index < -0.39 is 0 Å². The molecule has 1 saturated heterocycles. The largest absolute Gasteiger partial charge is 0.507 e. The Hall–Kier alpha value is -2.60. The number of anilines is 1.